The van der Waals surface area contributed by atoms with Crippen molar-refractivity contribution in [3.05, 3.63) is 96.6 Å². The van der Waals surface area contributed by atoms with Crippen molar-refractivity contribution in [2.45, 2.75) is 367 Å². The molecule has 2 N–H and O–H groups in total. The predicted molar refractivity (Wildman–Crippen MR) is 452 cm³/mol. The van der Waals surface area contributed by atoms with Crippen LogP contribution in [0.4, 0.5) is 9.59 Å². The van der Waals surface area contributed by atoms with Crippen LogP contribution in [-0.4, -0.2) is 125 Å². The Balaban J connectivity index is 1.90. The van der Waals surface area contributed by atoms with E-state index in [1.165, 1.54) is 83.1 Å². The summed E-state index contributed by atoms with van der Waals surface area (Å²) < 4.78 is 86.1. The second-order valence-electron chi connectivity index (χ2n) is 30.3. The number of nitrogens with one attached hydrogen (secondary N) is 2. The van der Waals surface area contributed by atoms with Crippen molar-refractivity contribution in [2.75, 3.05) is 26.4 Å². The maximum atomic E-state index is 15.9. The van der Waals surface area contributed by atoms with Crippen molar-refractivity contribution < 1.29 is 89.5 Å². The maximum Gasteiger partial charge on any atom is 0.588 e. The van der Waals surface area contributed by atoms with Crippen LogP contribution >= 0.6 is 77.4 Å². The van der Waals surface area contributed by atoms with E-state index in [2.05, 4.69) is 38.3 Å². The fourth-order valence-corrected chi connectivity index (χ4v) is 14.7. The van der Waals surface area contributed by atoms with E-state index in [9.17, 15) is 24.0 Å². The third-order valence-corrected chi connectivity index (χ3v) is 22.6. The minimum absolute atomic E-state index is 0.0268. The second-order valence-corrected chi connectivity index (χ2v) is 36.5. The zero-order chi connectivity index (χ0) is 83.1. The lowest BCUT2D eigenvalue weighted by molar-refractivity contribution is -0.272. The number of carbonyl (C=O) groups is 6. The number of hydrogen-bond acceptors (Lipinski definition) is 19. The topological polar surface area (TPSA) is 254 Å². The monoisotopic (exact) mass is 1740 g/mol. The Morgan fingerprint density at radius 3 is 1.36 bits per heavy atom. The molecule has 2 amide bonds. The summed E-state index contributed by atoms with van der Waals surface area (Å²) in [6.07, 6.45) is 22.6. The minimum Gasteiger partial charge on any atom is -0.462 e. The molecule has 0 aliphatic carbocycles. The number of unbranched alkanes of at least 4 members (excludes halogenated alkanes) is 30. The summed E-state index contributed by atoms with van der Waals surface area (Å²) in [5.41, 5.74) is -1.03. The van der Waals surface area contributed by atoms with Crippen LogP contribution in [0.5, 0.6) is 11.5 Å². The first kappa shape index (κ1) is 102. The summed E-state index contributed by atoms with van der Waals surface area (Å²) in [6.45, 7) is 8.94. The van der Waals surface area contributed by atoms with Crippen LogP contribution in [0.3, 0.4) is 0 Å². The molecule has 0 aromatic heterocycles. The second kappa shape index (κ2) is 60.0. The van der Waals surface area contributed by atoms with E-state index in [0.29, 0.717) is 32.1 Å². The van der Waals surface area contributed by atoms with Gasteiger partial charge in [0.1, 0.15) is 55.2 Å². The van der Waals surface area contributed by atoms with E-state index < -0.39 is 132 Å². The van der Waals surface area contributed by atoms with Gasteiger partial charge >= 0.3 is 38.0 Å². The normalized spacial score (nSPS) is 16.7. The minimum atomic E-state index is -5.21. The third kappa shape index (κ3) is 47.3. The van der Waals surface area contributed by atoms with Gasteiger partial charge in [0, 0.05) is 12.8 Å². The molecule has 3 aromatic carbocycles. The predicted octanol–water partition coefficient (Wildman–Crippen LogP) is 24.3. The van der Waals surface area contributed by atoms with Crippen LogP contribution < -0.4 is 19.7 Å². The molecule has 0 saturated carbocycles. The standard InChI is InChI=1S/C86H133Cl6N2O19P/c1-7-11-15-19-23-27-29-33-42-56-71(106-75(96)58-48-35-31-25-21-17-13-9-3)60-74(95)93-68(63-102-62-67-50-40-37-41-51-67)64-103-81-78(94-82(99)105-66-85(87,88)89)80(109-77(98)61-72(57-43-34-30-28-24-20-16-12-8-2)107-76(97)59-49-36-32-26-22-18-14-10-4)79(73(108-81)65-104-83(100)110-84(5,6)86(90,91)92)113-114(101,111-69-52-44-38-45-53-69)112-70-54-46-39-47-55-70/h37-41,44-47,50-55,68,71-73,78-81H,7-36,42-43,48-49,56-66H2,1-6H3,(H,93,95)(H,94,99)/t68-,71-,72-,73-,78+,79-,80-,81+/m1/s1. The highest BCUT2D eigenvalue weighted by Crippen LogP contribution is 2.53. The summed E-state index contributed by atoms with van der Waals surface area (Å²) in [6, 6.07) is 22.0. The fourth-order valence-electron chi connectivity index (χ4n) is 13.0. The van der Waals surface area contributed by atoms with Gasteiger partial charge in [0.15, 0.2) is 18.0 Å². The molecular weight excluding hydrogens is 1610 g/mol. The zero-order valence-corrected chi connectivity index (χ0v) is 74.0. The molecular formula is C86H133Cl6N2O19P. The van der Waals surface area contributed by atoms with Gasteiger partial charge in [-0.25, -0.2) is 14.2 Å². The van der Waals surface area contributed by atoms with E-state index in [0.717, 1.165) is 153 Å². The summed E-state index contributed by atoms with van der Waals surface area (Å²) in [4.78, 5) is 86.3. The number of phosphoric ester groups is 1. The average molecular weight is 1740 g/mol. The largest absolute Gasteiger partial charge is 0.588 e. The number of amides is 2. The highest BCUT2D eigenvalue weighted by atomic mass is 35.6. The number of ether oxygens (including phenoxy) is 9. The van der Waals surface area contributed by atoms with Crippen LogP contribution in [0.1, 0.15) is 304 Å². The van der Waals surface area contributed by atoms with Crippen LogP contribution in [0.15, 0.2) is 91.0 Å². The first-order valence-electron chi connectivity index (χ1n) is 42.2. The molecule has 1 aliphatic heterocycles. The molecule has 1 saturated heterocycles. The number of carbonyl (C=O) groups excluding carboxylic acids is 6. The molecule has 8 atom stereocenters. The highest BCUT2D eigenvalue weighted by molar-refractivity contribution is 7.49. The Hall–Kier alpha value is -4.51. The van der Waals surface area contributed by atoms with Crippen molar-refractivity contribution in [3.63, 3.8) is 0 Å². The number of benzene rings is 3. The summed E-state index contributed by atoms with van der Waals surface area (Å²) in [5, 5.41) is 5.69. The molecule has 0 spiro atoms. The number of halogens is 6. The number of para-hydroxylation sites is 2. The van der Waals surface area contributed by atoms with Gasteiger partial charge in [-0.05, 0) is 82.2 Å². The van der Waals surface area contributed by atoms with Crippen LogP contribution in [0.25, 0.3) is 0 Å². The van der Waals surface area contributed by atoms with Crippen molar-refractivity contribution in [1.29, 1.82) is 0 Å². The summed E-state index contributed by atoms with van der Waals surface area (Å²) in [5.74, 6) is -2.50. The Bertz CT molecular complexity index is 3060. The lowest BCUT2D eigenvalue weighted by Gasteiger charge is -2.45. The number of phosphoric acid groups is 1. The molecule has 21 nitrogen and oxygen atoms in total. The molecule has 0 unspecified atom stereocenters. The summed E-state index contributed by atoms with van der Waals surface area (Å²) >= 11 is 37.4. The van der Waals surface area contributed by atoms with Gasteiger partial charge in [0.05, 0.1) is 38.7 Å². The molecule has 0 bridgehead atoms. The number of alkyl halides is 6. The molecule has 0 radical (unpaired) electrons. The number of rotatable bonds is 64. The number of alkyl carbamates (subject to hydrolysis) is 1. The van der Waals surface area contributed by atoms with Gasteiger partial charge in [0.25, 0.3) is 0 Å². The van der Waals surface area contributed by atoms with Gasteiger partial charge in [-0.1, -0.05) is 357 Å². The number of hydrogen-bond donors (Lipinski definition) is 2. The highest BCUT2D eigenvalue weighted by Gasteiger charge is 2.55. The molecule has 1 fully saturated rings. The van der Waals surface area contributed by atoms with E-state index in [4.69, 9.17) is 126 Å². The molecule has 4 rings (SSSR count). The molecule has 1 aliphatic rings. The first-order chi connectivity index (χ1) is 54.7. The molecule has 3 aromatic rings. The average Bonchev–Trinajstić information content (AvgIpc) is 0.769. The quantitative estimate of drug-likeness (QED) is 0.0175. The lowest BCUT2D eigenvalue weighted by Crippen LogP contribution is -2.67. The Kier molecular flexibility index (Phi) is 53.6. The van der Waals surface area contributed by atoms with Gasteiger partial charge in [-0.15, -0.1) is 0 Å². The zero-order valence-electron chi connectivity index (χ0n) is 68.6. The Labute approximate surface area is 710 Å². The van der Waals surface area contributed by atoms with Crippen molar-refractivity contribution >= 4 is 113 Å². The van der Waals surface area contributed by atoms with Crippen LogP contribution in [0.2, 0.25) is 0 Å². The fraction of sp³-hybridized carbons (Fsp3) is 0.721. The lowest BCUT2D eigenvalue weighted by atomic mass is 9.96. The van der Waals surface area contributed by atoms with Gasteiger partial charge in [0.2, 0.25) is 13.5 Å². The van der Waals surface area contributed by atoms with Gasteiger partial charge in [-0.2, -0.15) is 0 Å². The van der Waals surface area contributed by atoms with Crippen LogP contribution in [-0.2, 0) is 77.5 Å². The van der Waals surface area contributed by atoms with Gasteiger partial charge < -0.3 is 62.3 Å². The molecule has 28 heteroatoms. The maximum absolute atomic E-state index is 15.9. The van der Waals surface area contributed by atoms with E-state index in [1.54, 1.807) is 36.4 Å². The van der Waals surface area contributed by atoms with Crippen molar-refractivity contribution in [3.8, 4) is 11.5 Å². The Morgan fingerprint density at radius 2 is 0.921 bits per heavy atom. The number of esters is 3. The van der Waals surface area contributed by atoms with E-state index in [-0.39, 0.29) is 50.4 Å². The van der Waals surface area contributed by atoms with Crippen molar-refractivity contribution in [2.24, 2.45) is 0 Å². The van der Waals surface area contributed by atoms with Crippen molar-refractivity contribution in [1.82, 2.24) is 10.6 Å². The van der Waals surface area contributed by atoms with E-state index >= 15 is 9.36 Å². The smallest absolute Gasteiger partial charge is 0.462 e. The third-order valence-electron chi connectivity index (χ3n) is 19.5. The van der Waals surface area contributed by atoms with Crippen LogP contribution in [0, 0.1) is 0 Å². The first-order valence-corrected chi connectivity index (χ1v) is 45.9. The molecule has 114 heavy (non-hydrogen) atoms. The molecule has 648 valence electrons. The Morgan fingerprint density at radius 1 is 0.500 bits per heavy atom. The van der Waals surface area contributed by atoms with Gasteiger partial charge in [-0.3, -0.25) is 23.7 Å². The SMILES string of the molecule is CCCCCCCCCCC[C@H](CC(=O)N[C@H](COCc1ccccc1)CO[C@H]1O[C@H](COC(=O)OC(C)(C)C(Cl)(Cl)Cl)[C@@H](OP(=O)(Oc2ccccc2)Oc2ccccc2)[C@H](OC(=O)C[C@@H](CCCCCCCCCCC)OC(=O)CCCCCCCCCC)[C@@H]1NC(=O)OCC(Cl)(Cl)Cl)OC(=O)CCCCCCCCCC. The molecule has 1 heterocycles. The van der Waals surface area contributed by atoms with E-state index in [1.807, 2.05) is 30.3 Å². The summed E-state index contributed by atoms with van der Waals surface area (Å²) in [7, 11) is -5.21.